The van der Waals surface area contributed by atoms with Crippen LogP contribution in [0.25, 0.3) is 0 Å². The molecular weight excluding hydrogens is 288 g/mol. The van der Waals surface area contributed by atoms with Gasteiger partial charge in [-0.15, -0.1) is 0 Å². The summed E-state index contributed by atoms with van der Waals surface area (Å²) in [6.45, 7) is 9.98. The SMILES string of the molecule is CN=C(C)C(C)Oc1cc(C)ccc1Nc1ncnc(C)c1C. The number of ether oxygens (including phenoxy) is 1. The first-order valence-electron chi connectivity index (χ1n) is 7.68. The van der Waals surface area contributed by atoms with E-state index < -0.39 is 0 Å². The molecular formula is C18H24N4O. The molecule has 0 aliphatic heterocycles. The lowest BCUT2D eigenvalue weighted by Crippen LogP contribution is -2.21. The second kappa shape index (κ2) is 7.22. The van der Waals surface area contributed by atoms with Crippen LogP contribution in [0.4, 0.5) is 11.5 Å². The zero-order valence-corrected chi connectivity index (χ0v) is 14.6. The first-order valence-corrected chi connectivity index (χ1v) is 7.68. The van der Waals surface area contributed by atoms with Crippen molar-refractivity contribution in [3.05, 3.63) is 41.3 Å². The number of hydrogen-bond donors (Lipinski definition) is 1. The number of aryl methyl sites for hydroxylation is 2. The minimum Gasteiger partial charge on any atom is -0.483 e. The van der Waals surface area contributed by atoms with E-state index in [0.29, 0.717) is 0 Å². The highest BCUT2D eigenvalue weighted by Gasteiger charge is 2.13. The highest BCUT2D eigenvalue weighted by atomic mass is 16.5. The van der Waals surface area contributed by atoms with Crippen molar-refractivity contribution < 1.29 is 4.74 Å². The molecule has 0 saturated heterocycles. The van der Waals surface area contributed by atoms with Gasteiger partial charge in [-0.2, -0.15) is 0 Å². The number of nitrogens with zero attached hydrogens (tertiary/aromatic N) is 3. The van der Waals surface area contributed by atoms with Gasteiger partial charge >= 0.3 is 0 Å². The highest BCUT2D eigenvalue weighted by Crippen LogP contribution is 2.30. The second-order valence-corrected chi connectivity index (χ2v) is 5.68. The van der Waals surface area contributed by atoms with E-state index in [0.717, 1.165) is 39.8 Å². The monoisotopic (exact) mass is 312 g/mol. The van der Waals surface area contributed by atoms with Crippen molar-refractivity contribution in [2.75, 3.05) is 12.4 Å². The summed E-state index contributed by atoms with van der Waals surface area (Å²) in [5.41, 5.74) is 4.95. The van der Waals surface area contributed by atoms with Gasteiger partial charge < -0.3 is 10.1 Å². The van der Waals surface area contributed by atoms with E-state index in [1.165, 1.54) is 0 Å². The van der Waals surface area contributed by atoms with E-state index in [9.17, 15) is 0 Å². The Bertz CT molecular complexity index is 725. The summed E-state index contributed by atoms with van der Waals surface area (Å²) in [7, 11) is 1.78. The summed E-state index contributed by atoms with van der Waals surface area (Å²) in [4.78, 5) is 12.7. The average molecular weight is 312 g/mol. The Morgan fingerprint density at radius 2 is 1.96 bits per heavy atom. The van der Waals surface area contributed by atoms with Crippen molar-refractivity contribution >= 4 is 17.2 Å². The van der Waals surface area contributed by atoms with Gasteiger partial charge in [-0.3, -0.25) is 4.99 Å². The van der Waals surface area contributed by atoms with E-state index in [-0.39, 0.29) is 6.10 Å². The summed E-state index contributed by atoms with van der Waals surface area (Å²) in [5, 5.41) is 3.36. The number of anilines is 2. The second-order valence-electron chi connectivity index (χ2n) is 5.68. The van der Waals surface area contributed by atoms with E-state index in [1.54, 1.807) is 13.4 Å². The normalized spacial score (nSPS) is 12.9. The van der Waals surface area contributed by atoms with E-state index >= 15 is 0 Å². The average Bonchev–Trinajstić information content (AvgIpc) is 2.53. The molecule has 0 fully saturated rings. The number of nitrogens with one attached hydrogen (secondary N) is 1. The van der Waals surface area contributed by atoms with Crippen LogP contribution < -0.4 is 10.1 Å². The van der Waals surface area contributed by atoms with E-state index in [2.05, 4.69) is 20.3 Å². The summed E-state index contributed by atoms with van der Waals surface area (Å²) in [6, 6.07) is 6.07. The van der Waals surface area contributed by atoms with Crippen molar-refractivity contribution in [3.8, 4) is 5.75 Å². The predicted molar refractivity (Wildman–Crippen MR) is 95.1 cm³/mol. The van der Waals surface area contributed by atoms with Crippen LogP contribution in [-0.2, 0) is 0 Å². The summed E-state index contributed by atoms with van der Waals surface area (Å²) in [6.07, 6.45) is 1.48. The molecule has 0 aliphatic carbocycles. The number of benzene rings is 1. The Morgan fingerprint density at radius 1 is 1.22 bits per heavy atom. The van der Waals surface area contributed by atoms with Gasteiger partial charge in [0.25, 0.3) is 0 Å². The molecule has 0 bridgehead atoms. The first kappa shape index (κ1) is 16.9. The molecule has 23 heavy (non-hydrogen) atoms. The van der Waals surface area contributed by atoms with Crippen molar-refractivity contribution in [2.24, 2.45) is 4.99 Å². The minimum atomic E-state index is -0.0874. The molecule has 1 N–H and O–H groups in total. The van der Waals surface area contributed by atoms with Crippen LogP contribution >= 0.6 is 0 Å². The molecule has 2 aromatic rings. The molecule has 1 heterocycles. The van der Waals surface area contributed by atoms with Gasteiger partial charge in [-0.25, -0.2) is 9.97 Å². The third kappa shape index (κ3) is 4.06. The van der Waals surface area contributed by atoms with Gasteiger partial charge in [-0.1, -0.05) is 6.07 Å². The van der Waals surface area contributed by atoms with Crippen LogP contribution in [0.3, 0.4) is 0 Å². The van der Waals surface area contributed by atoms with Crippen molar-refractivity contribution in [2.45, 2.75) is 40.7 Å². The Labute approximate surface area is 137 Å². The van der Waals surface area contributed by atoms with Crippen LogP contribution in [-0.4, -0.2) is 28.8 Å². The number of hydrogen-bond acceptors (Lipinski definition) is 5. The lowest BCUT2D eigenvalue weighted by Gasteiger charge is -2.19. The molecule has 122 valence electrons. The Morgan fingerprint density at radius 3 is 2.65 bits per heavy atom. The Hall–Kier alpha value is -2.43. The molecule has 1 atom stereocenters. The maximum absolute atomic E-state index is 6.08. The number of aromatic nitrogens is 2. The number of aliphatic imine (C=N–C) groups is 1. The molecule has 5 heteroatoms. The van der Waals surface area contributed by atoms with Crippen molar-refractivity contribution in [3.63, 3.8) is 0 Å². The van der Waals surface area contributed by atoms with Crippen LogP contribution in [0.15, 0.2) is 29.5 Å². The van der Waals surface area contributed by atoms with Gasteiger partial charge in [0, 0.05) is 24.0 Å². The first-order chi connectivity index (χ1) is 10.9. The molecule has 0 aliphatic rings. The molecule has 2 rings (SSSR count). The van der Waals surface area contributed by atoms with Gasteiger partial charge in [0.05, 0.1) is 5.69 Å². The fourth-order valence-electron chi connectivity index (χ4n) is 2.08. The summed E-state index contributed by atoms with van der Waals surface area (Å²) in [5.74, 6) is 1.58. The molecule has 0 radical (unpaired) electrons. The smallest absolute Gasteiger partial charge is 0.144 e. The maximum Gasteiger partial charge on any atom is 0.144 e. The third-order valence-corrected chi connectivity index (χ3v) is 3.97. The molecule has 1 aromatic carbocycles. The maximum atomic E-state index is 6.08. The zero-order chi connectivity index (χ0) is 17.0. The fourth-order valence-corrected chi connectivity index (χ4v) is 2.08. The third-order valence-electron chi connectivity index (χ3n) is 3.97. The Balaban J connectivity index is 2.33. The molecule has 0 spiro atoms. The van der Waals surface area contributed by atoms with E-state index in [1.807, 2.05) is 52.8 Å². The highest BCUT2D eigenvalue weighted by molar-refractivity contribution is 5.86. The quantitative estimate of drug-likeness (QED) is 0.848. The topological polar surface area (TPSA) is 59.4 Å². The van der Waals surface area contributed by atoms with Gasteiger partial charge in [0.15, 0.2) is 0 Å². The Kier molecular flexibility index (Phi) is 5.32. The summed E-state index contributed by atoms with van der Waals surface area (Å²) >= 11 is 0. The van der Waals surface area contributed by atoms with Crippen LogP contribution in [0.2, 0.25) is 0 Å². The molecule has 0 amide bonds. The minimum absolute atomic E-state index is 0.0874. The van der Waals surface area contributed by atoms with E-state index in [4.69, 9.17) is 4.74 Å². The molecule has 0 saturated carbocycles. The van der Waals surface area contributed by atoms with Crippen LogP contribution in [0, 0.1) is 20.8 Å². The predicted octanol–water partition coefficient (Wildman–Crippen LogP) is 4.00. The van der Waals surface area contributed by atoms with Gasteiger partial charge in [0.2, 0.25) is 0 Å². The zero-order valence-electron chi connectivity index (χ0n) is 14.6. The standard InChI is InChI=1S/C18H24N4O/c1-11-7-8-16(17(9-11)23-15(5)14(4)19-6)22-18-12(2)13(3)20-10-21-18/h7-10,15H,1-6H3,(H,20,21,22). The van der Waals surface area contributed by atoms with Gasteiger partial charge in [-0.05, 0) is 52.3 Å². The lowest BCUT2D eigenvalue weighted by atomic mass is 10.2. The van der Waals surface area contributed by atoms with Gasteiger partial charge in [0.1, 0.15) is 24.0 Å². The van der Waals surface area contributed by atoms with Crippen molar-refractivity contribution in [1.29, 1.82) is 0 Å². The molecule has 5 nitrogen and oxygen atoms in total. The molecule has 1 aromatic heterocycles. The lowest BCUT2D eigenvalue weighted by molar-refractivity contribution is 0.287. The van der Waals surface area contributed by atoms with Crippen LogP contribution in [0.5, 0.6) is 5.75 Å². The fraction of sp³-hybridized carbons (Fsp3) is 0.389. The van der Waals surface area contributed by atoms with Crippen molar-refractivity contribution in [1.82, 2.24) is 9.97 Å². The summed E-state index contributed by atoms with van der Waals surface area (Å²) < 4.78 is 6.08. The molecule has 1 unspecified atom stereocenters. The largest absolute Gasteiger partial charge is 0.483 e. The van der Waals surface area contributed by atoms with Crippen LogP contribution in [0.1, 0.15) is 30.7 Å². The number of rotatable bonds is 5.